The molecule has 1 heterocycles. The fourth-order valence-corrected chi connectivity index (χ4v) is 2.64. The molecule has 0 unspecified atom stereocenters. The Bertz CT molecular complexity index is 1100. The monoisotopic (exact) mass is 402 g/mol. The lowest BCUT2D eigenvalue weighted by Crippen LogP contribution is -2.31. The molecule has 0 radical (unpaired) electrons. The Hall–Kier alpha value is -3.49. The van der Waals surface area contributed by atoms with Gasteiger partial charge in [0.15, 0.2) is 0 Å². The van der Waals surface area contributed by atoms with Crippen LogP contribution in [0.25, 0.3) is 11.0 Å². The van der Waals surface area contributed by atoms with Gasteiger partial charge >= 0.3 is 12.1 Å². The summed E-state index contributed by atoms with van der Waals surface area (Å²) in [5.74, 6) is -2.50. The minimum atomic E-state index is -5.00. The Balaban J connectivity index is 1.75. The molecule has 0 spiro atoms. The van der Waals surface area contributed by atoms with Crippen molar-refractivity contribution in [3.63, 3.8) is 0 Å². The molecule has 9 heteroatoms. The average molecular weight is 402 g/mol. The van der Waals surface area contributed by atoms with Crippen LogP contribution in [0.3, 0.4) is 0 Å². The molecule has 2 amide bonds. The number of rotatable bonds is 4. The van der Waals surface area contributed by atoms with E-state index in [2.05, 4.69) is 15.3 Å². The van der Waals surface area contributed by atoms with Gasteiger partial charge in [0, 0.05) is 17.8 Å². The highest BCUT2D eigenvalue weighted by Crippen LogP contribution is 2.21. The largest absolute Gasteiger partial charge is 0.471 e. The van der Waals surface area contributed by atoms with Crippen molar-refractivity contribution in [1.82, 2.24) is 15.3 Å². The number of fused-ring (bicyclic) bond motifs is 1. The summed E-state index contributed by atoms with van der Waals surface area (Å²) in [6.07, 6.45) is -5.00. The molecule has 3 aromatic rings. The lowest BCUT2D eigenvalue weighted by Gasteiger charge is -2.13. The number of hydrogen-bond donors (Lipinski definition) is 2. The molecule has 0 saturated carbocycles. The third-order valence-electron chi connectivity index (χ3n) is 4.30. The number of halogens is 3. The van der Waals surface area contributed by atoms with E-state index >= 15 is 0 Å². The van der Waals surface area contributed by atoms with Crippen LogP contribution in [-0.4, -0.2) is 28.0 Å². The van der Waals surface area contributed by atoms with E-state index in [9.17, 15) is 22.8 Å². The highest BCUT2D eigenvalue weighted by Gasteiger charge is 2.38. The van der Waals surface area contributed by atoms with Crippen LogP contribution in [0.15, 0.2) is 42.5 Å². The molecule has 6 nitrogen and oxygen atoms in total. The maximum absolute atomic E-state index is 12.5. The first-order valence-corrected chi connectivity index (χ1v) is 8.64. The highest BCUT2D eigenvalue weighted by atomic mass is 19.4. The molecule has 0 aliphatic carbocycles. The smallest absolute Gasteiger partial charge is 0.348 e. The Morgan fingerprint density at radius 1 is 0.966 bits per heavy atom. The van der Waals surface area contributed by atoms with E-state index < -0.39 is 18.0 Å². The minimum Gasteiger partial charge on any atom is -0.348 e. The van der Waals surface area contributed by atoms with Crippen molar-refractivity contribution in [1.29, 1.82) is 0 Å². The molecule has 0 atom stereocenters. The van der Waals surface area contributed by atoms with Crippen molar-refractivity contribution in [2.24, 2.45) is 0 Å². The van der Waals surface area contributed by atoms with Gasteiger partial charge in [-0.25, -0.2) is 9.97 Å². The molecule has 0 aliphatic rings. The first-order chi connectivity index (χ1) is 13.6. The summed E-state index contributed by atoms with van der Waals surface area (Å²) in [7, 11) is 0. The highest BCUT2D eigenvalue weighted by molar-refractivity contribution is 5.98. The Labute approximate surface area is 164 Å². The van der Waals surface area contributed by atoms with Gasteiger partial charge in [0.05, 0.1) is 22.4 Å². The lowest BCUT2D eigenvalue weighted by molar-refractivity contribution is -0.167. The fourth-order valence-electron chi connectivity index (χ4n) is 2.64. The quantitative estimate of drug-likeness (QED) is 0.697. The zero-order valence-corrected chi connectivity index (χ0v) is 15.6. The van der Waals surface area contributed by atoms with E-state index in [-0.39, 0.29) is 12.2 Å². The zero-order valence-electron chi connectivity index (χ0n) is 15.6. The van der Waals surface area contributed by atoms with Crippen molar-refractivity contribution in [3.05, 3.63) is 65.0 Å². The molecule has 3 rings (SSSR count). The maximum Gasteiger partial charge on any atom is 0.471 e. The van der Waals surface area contributed by atoms with Crippen LogP contribution in [0.4, 0.5) is 18.9 Å². The second-order valence-electron chi connectivity index (χ2n) is 6.39. The normalized spacial score (nSPS) is 11.3. The molecule has 150 valence electrons. The van der Waals surface area contributed by atoms with E-state index in [0.717, 1.165) is 11.4 Å². The summed E-state index contributed by atoms with van der Waals surface area (Å²) in [6, 6.07) is 10.8. The van der Waals surface area contributed by atoms with Crippen LogP contribution in [0.5, 0.6) is 0 Å². The minimum absolute atomic E-state index is 0.0226. The predicted molar refractivity (Wildman–Crippen MR) is 101 cm³/mol. The molecule has 0 fully saturated rings. The summed E-state index contributed by atoms with van der Waals surface area (Å²) in [4.78, 5) is 32.5. The van der Waals surface area contributed by atoms with Crippen LogP contribution < -0.4 is 10.6 Å². The van der Waals surface area contributed by atoms with Gasteiger partial charge in [-0.1, -0.05) is 18.2 Å². The summed E-state index contributed by atoms with van der Waals surface area (Å²) < 4.78 is 37.5. The number of aromatic nitrogens is 2. The van der Waals surface area contributed by atoms with Crippen LogP contribution in [0, 0.1) is 13.8 Å². The first kappa shape index (κ1) is 20.2. The molecule has 2 aromatic carbocycles. The molecule has 29 heavy (non-hydrogen) atoms. The van der Waals surface area contributed by atoms with Gasteiger partial charge in [-0.15, -0.1) is 0 Å². The second kappa shape index (κ2) is 7.86. The number of anilines is 1. The fraction of sp³-hybridized carbons (Fsp3) is 0.200. The van der Waals surface area contributed by atoms with Crippen molar-refractivity contribution in [2.45, 2.75) is 26.6 Å². The molecular weight excluding hydrogens is 385 g/mol. The standard InChI is InChI=1S/C20H17F3N4O2/c1-11-12(2)26-17-9-13(7-8-16(17)25-11)18(28)24-10-14-5-3-4-6-15(14)27-19(29)20(21,22)23/h3-9H,10H2,1-2H3,(H,24,28)(H,27,29). The van der Waals surface area contributed by atoms with Crippen molar-refractivity contribution >= 4 is 28.5 Å². The van der Waals surface area contributed by atoms with Gasteiger partial charge in [0.1, 0.15) is 0 Å². The maximum atomic E-state index is 12.5. The number of nitrogens with one attached hydrogen (secondary N) is 2. The van der Waals surface area contributed by atoms with E-state index in [4.69, 9.17) is 0 Å². The SMILES string of the molecule is Cc1nc2ccc(C(=O)NCc3ccccc3NC(=O)C(F)(F)F)cc2nc1C. The van der Waals surface area contributed by atoms with Gasteiger partial charge in [-0.3, -0.25) is 9.59 Å². The van der Waals surface area contributed by atoms with Crippen molar-refractivity contribution in [3.8, 4) is 0 Å². The molecule has 0 saturated heterocycles. The number of carbonyl (C=O) groups is 2. The van der Waals surface area contributed by atoms with Gasteiger partial charge in [0.25, 0.3) is 5.91 Å². The summed E-state index contributed by atoms with van der Waals surface area (Å²) in [5, 5.41) is 4.45. The molecule has 0 aliphatic heterocycles. The van der Waals surface area contributed by atoms with Gasteiger partial charge in [0.2, 0.25) is 0 Å². The summed E-state index contributed by atoms with van der Waals surface area (Å²) in [5.41, 5.74) is 3.43. The van der Waals surface area contributed by atoms with E-state index in [1.54, 1.807) is 24.3 Å². The molecule has 1 aromatic heterocycles. The Morgan fingerprint density at radius 3 is 2.31 bits per heavy atom. The lowest BCUT2D eigenvalue weighted by atomic mass is 10.1. The molecule has 2 N–H and O–H groups in total. The number of carbonyl (C=O) groups excluding carboxylic acids is 2. The predicted octanol–water partition coefficient (Wildman–Crippen LogP) is 3.68. The third-order valence-corrected chi connectivity index (χ3v) is 4.30. The van der Waals surface area contributed by atoms with Crippen molar-refractivity contribution < 1.29 is 22.8 Å². The van der Waals surface area contributed by atoms with Gasteiger partial charge in [-0.2, -0.15) is 13.2 Å². The van der Waals surface area contributed by atoms with Crippen LogP contribution in [-0.2, 0) is 11.3 Å². The van der Waals surface area contributed by atoms with E-state index in [1.807, 2.05) is 19.2 Å². The first-order valence-electron chi connectivity index (χ1n) is 8.64. The number of amides is 2. The van der Waals surface area contributed by atoms with Gasteiger partial charge < -0.3 is 10.6 Å². The van der Waals surface area contributed by atoms with Crippen LogP contribution >= 0.6 is 0 Å². The number of benzene rings is 2. The Morgan fingerprint density at radius 2 is 1.62 bits per heavy atom. The summed E-state index contributed by atoms with van der Waals surface area (Å²) in [6.45, 7) is 3.60. The second-order valence-corrected chi connectivity index (χ2v) is 6.39. The summed E-state index contributed by atoms with van der Waals surface area (Å²) >= 11 is 0. The zero-order chi connectivity index (χ0) is 21.2. The van der Waals surface area contributed by atoms with Crippen LogP contribution in [0.2, 0.25) is 0 Å². The number of alkyl halides is 3. The third kappa shape index (κ3) is 4.68. The number of para-hydroxylation sites is 1. The average Bonchev–Trinajstić information content (AvgIpc) is 2.67. The van der Waals surface area contributed by atoms with Gasteiger partial charge in [-0.05, 0) is 43.7 Å². The number of nitrogens with zero attached hydrogens (tertiary/aromatic N) is 2. The number of hydrogen-bond acceptors (Lipinski definition) is 4. The topological polar surface area (TPSA) is 84.0 Å². The van der Waals surface area contributed by atoms with Crippen molar-refractivity contribution in [2.75, 3.05) is 5.32 Å². The number of aryl methyl sites for hydroxylation is 2. The Kier molecular flexibility index (Phi) is 5.49. The molecular formula is C20H17F3N4O2. The van der Waals surface area contributed by atoms with E-state index in [0.29, 0.717) is 22.2 Å². The van der Waals surface area contributed by atoms with E-state index in [1.165, 1.54) is 18.2 Å². The molecule has 0 bridgehead atoms. The van der Waals surface area contributed by atoms with Crippen LogP contribution in [0.1, 0.15) is 27.3 Å².